The number of hydrogen-bond donors (Lipinski definition) is 2. The van der Waals surface area contributed by atoms with Crippen molar-refractivity contribution in [3.63, 3.8) is 0 Å². The molecular formula is C20H23N5O3S. The third-order valence-electron chi connectivity index (χ3n) is 4.43. The molecular weight excluding hydrogens is 390 g/mol. The maximum absolute atomic E-state index is 13.0. The van der Waals surface area contributed by atoms with Crippen LogP contribution in [0.15, 0.2) is 53.4 Å². The Labute approximate surface area is 170 Å². The lowest BCUT2D eigenvalue weighted by Crippen LogP contribution is -2.27. The third-order valence-corrected chi connectivity index (χ3v) is 6.21. The fraction of sp³-hybridized carbons (Fsp3) is 0.250. The van der Waals surface area contributed by atoms with Gasteiger partial charge in [0.25, 0.3) is 15.9 Å². The van der Waals surface area contributed by atoms with Crippen molar-refractivity contribution in [3.05, 3.63) is 65.5 Å². The van der Waals surface area contributed by atoms with E-state index in [1.807, 2.05) is 32.9 Å². The van der Waals surface area contributed by atoms with E-state index in [-0.39, 0.29) is 22.3 Å². The van der Waals surface area contributed by atoms with Crippen LogP contribution in [0.1, 0.15) is 41.5 Å². The van der Waals surface area contributed by atoms with Crippen LogP contribution in [0.5, 0.6) is 0 Å². The smallest absolute Gasteiger partial charge is 0.264 e. The maximum atomic E-state index is 13.0. The Hall–Kier alpha value is -3.20. The lowest BCUT2D eigenvalue weighted by molar-refractivity contribution is 0.102. The fourth-order valence-corrected chi connectivity index (χ4v) is 3.85. The van der Waals surface area contributed by atoms with Gasteiger partial charge in [-0.1, -0.05) is 37.6 Å². The van der Waals surface area contributed by atoms with Crippen molar-refractivity contribution < 1.29 is 13.2 Å². The van der Waals surface area contributed by atoms with Gasteiger partial charge >= 0.3 is 0 Å². The summed E-state index contributed by atoms with van der Waals surface area (Å²) in [7, 11) is -2.34. The molecule has 0 atom stereocenters. The summed E-state index contributed by atoms with van der Waals surface area (Å²) in [6.45, 7) is 5.83. The third kappa shape index (κ3) is 4.45. The average molecular weight is 414 g/mol. The first kappa shape index (κ1) is 20.5. The van der Waals surface area contributed by atoms with Crippen molar-refractivity contribution in [2.45, 2.75) is 31.6 Å². The van der Waals surface area contributed by atoms with E-state index in [2.05, 4.69) is 20.5 Å². The first-order chi connectivity index (χ1) is 13.7. The molecule has 3 aromatic rings. The van der Waals surface area contributed by atoms with Crippen LogP contribution in [0.25, 0.3) is 0 Å². The van der Waals surface area contributed by atoms with E-state index < -0.39 is 15.9 Å². The van der Waals surface area contributed by atoms with Gasteiger partial charge in [0.15, 0.2) is 0 Å². The van der Waals surface area contributed by atoms with Gasteiger partial charge in [-0.2, -0.15) is 4.98 Å². The minimum Gasteiger partial charge on any atom is -0.289 e. The Morgan fingerprint density at radius 2 is 1.83 bits per heavy atom. The Kier molecular flexibility index (Phi) is 5.69. The van der Waals surface area contributed by atoms with Gasteiger partial charge in [-0.15, -0.1) is 5.10 Å². The van der Waals surface area contributed by atoms with Gasteiger partial charge in [0.05, 0.1) is 10.6 Å². The molecule has 0 aliphatic heterocycles. The average Bonchev–Trinajstić information content (AvgIpc) is 3.17. The number of nitrogens with zero attached hydrogens (tertiary/aromatic N) is 3. The van der Waals surface area contributed by atoms with Crippen molar-refractivity contribution in [2.75, 3.05) is 16.7 Å². The number of nitrogens with one attached hydrogen (secondary N) is 2. The van der Waals surface area contributed by atoms with E-state index in [1.54, 1.807) is 12.1 Å². The van der Waals surface area contributed by atoms with Crippen molar-refractivity contribution in [2.24, 2.45) is 0 Å². The molecule has 29 heavy (non-hydrogen) atoms. The summed E-state index contributed by atoms with van der Waals surface area (Å²) in [5.74, 6) is 0.438. The molecule has 0 bridgehead atoms. The number of carbonyl (C=O) groups excluding carboxylic acids is 1. The highest BCUT2D eigenvalue weighted by molar-refractivity contribution is 7.92. The summed E-state index contributed by atoms with van der Waals surface area (Å²) in [5, 5.41) is 9.29. The Morgan fingerprint density at radius 3 is 2.45 bits per heavy atom. The van der Waals surface area contributed by atoms with E-state index in [0.717, 1.165) is 5.56 Å². The van der Waals surface area contributed by atoms with E-state index >= 15 is 0 Å². The van der Waals surface area contributed by atoms with Gasteiger partial charge in [-0.3, -0.25) is 19.5 Å². The van der Waals surface area contributed by atoms with Crippen LogP contribution < -0.4 is 9.62 Å². The lowest BCUT2D eigenvalue weighted by Gasteiger charge is -2.20. The van der Waals surface area contributed by atoms with E-state index in [4.69, 9.17) is 0 Å². The molecule has 8 nitrogen and oxygen atoms in total. The number of benzene rings is 2. The zero-order valence-corrected chi connectivity index (χ0v) is 17.5. The topological polar surface area (TPSA) is 108 Å². The molecule has 0 fully saturated rings. The molecule has 9 heteroatoms. The SMILES string of the molecule is Cc1ccc(N(C)S(=O)(=O)c2cccc(C(=O)Nc3n[nH]c(C(C)C)n3)c2)cc1. The van der Waals surface area contributed by atoms with Gasteiger partial charge < -0.3 is 0 Å². The molecule has 3 rings (SSSR count). The largest absolute Gasteiger partial charge is 0.289 e. The van der Waals surface area contributed by atoms with Crippen LogP contribution in [-0.2, 0) is 10.0 Å². The number of sulfonamides is 1. The molecule has 2 N–H and O–H groups in total. The standard InChI is InChI=1S/C20H23N5O3S/c1-13(2)18-21-20(24-23-18)22-19(26)15-6-5-7-17(12-15)29(27,28)25(4)16-10-8-14(3)9-11-16/h5-13H,1-4H3,(H2,21,22,23,24,26). The minimum atomic E-state index is -3.82. The summed E-state index contributed by atoms with van der Waals surface area (Å²) in [6.07, 6.45) is 0. The summed E-state index contributed by atoms with van der Waals surface area (Å²) < 4.78 is 27.2. The molecule has 1 amide bonds. The Morgan fingerprint density at radius 1 is 1.14 bits per heavy atom. The van der Waals surface area contributed by atoms with Crippen LogP contribution >= 0.6 is 0 Å². The van der Waals surface area contributed by atoms with Crippen LogP contribution in [0.3, 0.4) is 0 Å². The molecule has 0 saturated heterocycles. The van der Waals surface area contributed by atoms with Crippen LogP contribution in [0.2, 0.25) is 0 Å². The highest BCUT2D eigenvalue weighted by Crippen LogP contribution is 2.23. The summed E-state index contributed by atoms with van der Waals surface area (Å²) in [5.41, 5.74) is 1.76. The predicted molar refractivity (Wildman–Crippen MR) is 112 cm³/mol. The van der Waals surface area contributed by atoms with Gasteiger partial charge in [-0.25, -0.2) is 8.42 Å². The van der Waals surface area contributed by atoms with Crippen molar-refractivity contribution in [1.29, 1.82) is 0 Å². The number of amides is 1. The molecule has 0 unspecified atom stereocenters. The van der Waals surface area contributed by atoms with Gasteiger partial charge in [-0.05, 0) is 37.3 Å². The monoisotopic (exact) mass is 413 g/mol. The summed E-state index contributed by atoms with van der Waals surface area (Å²) >= 11 is 0. The highest BCUT2D eigenvalue weighted by Gasteiger charge is 2.22. The summed E-state index contributed by atoms with van der Waals surface area (Å²) in [4.78, 5) is 16.8. The normalized spacial score (nSPS) is 11.5. The van der Waals surface area contributed by atoms with Gasteiger partial charge in [0.1, 0.15) is 5.82 Å². The maximum Gasteiger partial charge on any atom is 0.264 e. The van der Waals surface area contributed by atoms with Gasteiger partial charge in [0.2, 0.25) is 5.95 Å². The number of H-pyrrole nitrogens is 1. The fourth-order valence-electron chi connectivity index (χ4n) is 2.61. The number of carbonyl (C=O) groups is 1. The molecule has 0 aliphatic carbocycles. The zero-order valence-electron chi connectivity index (χ0n) is 16.7. The Balaban J connectivity index is 1.83. The van der Waals surface area contributed by atoms with E-state index in [9.17, 15) is 13.2 Å². The van der Waals surface area contributed by atoms with Gasteiger partial charge in [0, 0.05) is 18.5 Å². The minimum absolute atomic E-state index is 0.0195. The lowest BCUT2D eigenvalue weighted by atomic mass is 10.2. The second kappa shape index (κ2) is 8.04. The molecule has 0 saturated carbocycles. The van der Waals surface area contributed by atoms with Crippen molar-refractivity contribution in [3.8, 4) is 0 Å². The zero-order chi connectivity index (χ0) is 21.2. The molecule has 152 valence electrons. The second-order valence-corrected chi connectivity index (χ2v) is 8.96. The van der Waals surface area contributed by atoms with Crippen molar-refractivity contribution >= 4 is 27.6 Å². The first-order valence-electron chi connectivity index (χ1n) is 9.08. The van der Waals surface area contributed by atoms with Crippen LogP contribution in [-0.4, -0.2) is 36.6 Å². The van der Waals surface area contributed by atoms with E-state index in [0.29, 0.717) is 11.5 Å². The second-order valence-electron chi connectivity index (χ2n) is 6.99. The molecule has 0 aliphatic rings. The molecule has 0 radical (unpaired) electrons. The Bertz CT molecular complexity index is 1120. The predicted octanol–water partition coefficient (Wildman–Crippen LogP) is 3.31. The molecule has 0 spiro atoms. The number of rotatable bonds is 6. The summed E-state index contributed by atoms with van der Waals surface area (Å²) in [6, 6.07) is 13.0. The number of aromatic amines is 1. The van der Waals surface area contributed by atoms with Crippen LogP contribution in [0, 0.1) is 6.92 Å². The quantitative estimate of drug-likeness (QED) is 0.644. The molecule has 1 aromatic heterocycles. The number of hydrogen-bond acceptors (Lipinski definition) is 5. The van der Waals surface area contributed by atoms with Crippen LogP contribution in [0.4, 0.5) is 11.6 Å². The van der Waals surface area contributed by atoms with Crippen molar-refractivity contribution in [1.82, 2.24) is 15.2 Å². The number of aryl methyl sites for hydroxylation is 1. The molecule has 2 aromatic carbocycles. The highest BCUT2D eigenvalue weighted by atomic mass is 32.2. The number of aromatic nitrogens is 3. The molecule has 1 heterocycles. The number of anilines is 2. The van der Waals surface area contributed by atoms with E-state index in [1.165, 1.54) is 35.6 Å². The first-order valence-corrected chi connectivity index (χ1v) is 10.5.